The van der Waals surface area contributed by atoms with Gasteiger partial charge in [-0.1, -0.05) is 18.2 Å². The number of carbonyl (C=O) groups excluding carboxylic acids is 3. The van der Waals surface area contributed by atoms with Crippen molar-refractivity contribution in [1.29, 1.82) is 0 Å². The van der Waals surface area contributed by atoms with Crippen LogP contribution in [0.4, 0.5) is 11.4 Å². The zero-order chi connectivity index (χ0) is 20.1. The number of para-hydroxylation sites is 1. The van der Waals surface area contributed by atoms with E-state index in [1.54, 1.807) is 31.2 Å². The summed E-state index contributed by atoms with van der Waals surface area (Å²) in [4.78, 5) is 36.5. The summed E-state index contributed by atoms with van der Waals surface area (Å²) in [5.41, 5.74) is -0.977. The van der Waals surface area contributed by atoms with Crippen LogP contribution in [0.2, 0.25) is 0 Å². The Bertz CT molecular complexity index is 899. The minimum Gasteiger partial charge on any atom is -0.484 e. The molecule has 8 heteroatoms. The zero-order valence-corrected chi connectivity index (χ0v) is 15.5. The van der Waals surface area contributed by atoms with Crippen LogP contribution in [-0.4, -0.2) is 36.6 Å². The molecule has 0 aromatic heterocycles. The lowest BCUT2D eigenvalue weighted by molar-refractivity contribution is -0.165. The molecule has 0 fully saturated rings. The Morgan fingerprint density at radius 1 is 1.18 bits per heavy atom. The molecule has 0 aliphatic carbocycles. The highest BCUT2D eigenvalue weighted by Crippen LogP contribution is 2.36. The van der Waals surface area contributed by atoms with Crippen molar-refractivity contribution in [2.45, 2.75) is 19.4 Å². The summed E-state index contributed by atoms with van der Waals surface area (Å²) in [6, 6.07) is 13.7. The summed E-state index contributed by atoms with van der Waals surface area (Å²) in [5.74, 6) is -0.941. The number of rotatable bonds is 6. The van der Waals surface area contributed by atoms with Gasteiger partial charge in [0, 0.05) is 11.8 Å². The van der Waals surface area contributed by atoms with Crippen LogP contribution in [0.1, 0.15) is 13.8 Å². The molecular weight excluding hydrogens is 364 g/mol. The second-order valence-corrected chi connectivity index (χ2v) is 6.17. The van der Waals surface area contributed by atoms with Crippen LogP contribution in [-0.2, 0) is 19.1 Å². The summed E-state index contributed by atoms with van der Waals surface area (Å²) in [5, 5.41) is 5.30. The van der Waals surface area contributed by atoms with Crippen LogP contribution in [0.15, 0.2) is 48.5 Å². The summed E-state index contributed by atoms with van der Waals surface area (Å²) in [6.45, 7) is 2.93. The molecule has 1 aliphatic rings. The molecule has 1 heterocycles. The van der Waals surface area contributed by atoms with Crippen molar-refractivity contribution >= 4 is 29.2 Å². The second-order valence-electron chi connectivity index (χ2n) is 6.17. The summed E-state index contributed by atoms with van der Waals surface area (Å²) in [6.07, 6.45) is 0. The highest BCUT2D eigenvalue weighted by atomic mass is 16.6. The molecule has 28 heavy (non-hydrogen) atoms. The summed E-state index contributed by atoms with van der Waals surface area (Å²) in [7, 11) is 0. The molecule has 2 amide bonds. The number of hydrogen-bond acceptors (Lipinski definition) is 6. The number of anilines is 2. The number of esters is 1. The molecule has 8 nitrogen and oxygen atoms in total. The van der Waals surface area contributed by atoms with E-state index in [-0.39, 0.29) is 24.9 Å². The van der Waals surface area contributed by atoms with Crippen molar-refractivity contribution < 1.29 is 28.6 Å². The molecule has 2 aromatic rings. The number of benzene rings is 2. The lowest BCUT2D eigenvalue weighted by Gasteiger charge is -2.32. The molecule has 0 saturated carbocycles. The first-order chi connectivity index (χ1) is 13.4. The average Bonchev–Trinajstić information content (AvgIpc) is 2.68. The van der Waals surface area contributed by atoms with E-state index in [9.17, 15) is 14.4 Å². The molecule has 0 spiro atoms. The van der Waals surface area contributed by atoms with E-state index in [1.807, 2.05) is 18.2 Å². The standard InChI is InChI=1S/C20H20N2O6/c1-3-26-19(25)20(2)18(24)22-15-10-9-13(11-16(15)28-20)21-17(23)12-27-14-7-5-4-6-8-14/h4-11H,3,12H2,1-2H3,(H,21,23)(H,22,24)/t20-/m1/s1. The molecule has 2 N–H and O–H groups in total. The third kappa shape index (κ3) is 4.06. The first-order valence-corrected chi connectivity index (χ1v) is 8.72. The lowest BCUT2D eigenvalue weighted by Crippen LogP contribution is -2.55. The van der Waals surface area contributed by atoms with Crippen LogP contribution < -0.4 is 20.1 Å². The Labute approximate surface area is 161 Å². The first kappa shape index (κ1) is 19.2. The number of carbonyl (C=O) groups is 3. The van der Waals surface area contributed by atoms with Crippen LogP contribution in [0.5, 0.6) is 11.5 Å². The van der Waals surface area contributed by atoms with Crippen molar-refractivity contribution in [2.24, 2.45) is 0 Å². The van der Waals surface area contributed by atoms with Crippen molar-refractivity contribution in [3.63, 3.8) is 0 Å². The molecule has 3 rings (SSSR count). The van der Waals surface area contributed by atoms with Gasteiger partial charge >= 0.3 is 5.97 Å². The fourth-order valence-corrected chi connectivity index (χ4v) is 2.56. The maximum atomic E-state index is 12.3. The van der Waals surface area contributed by atoms with Gasteiger partial charge in [0.15, 0.2) is 6.61 Å². The quantitative estimate of drug-likeness (QED) is 0.585. The van der Waals surface area contributed by atoms with Crippen molar-refractivity contribution in [3.8, 4) is 11.5 Å². The molecular formula is C20H20N2O6. The van der Waals surface area contributed by atoms with E-state index in [0.717, 1.165) is 0 Å². The monoisotopic (exact) mass is 384 g/mol. The van der Waals surface area contributed by atoms with Crippen molar-refractivity contribution in [2.75, 3.05) is 23.8 Å². The molecule has 0 bridgehead atoms. The Morgan fingerprint density at radius 2 is 1.93 bits per heavy atom. The number of nitrogens with one attached hydrogen (secondary N) is 2. The predicted octanol–water partition coefficient (Wildman–Crippen LogP) is 2.36. The van der Waals surface area contributed by atoms with E-state index in [1.165, 1.54) is 13.0 Å². The highest BCUT2D eigenvalue weighted by molar-refractivity contribution is 6.14. The Morgan fingerprint density at radius 3 is 2.64 bits per heavy atom. The van der Waals surface area contributed by atoms with Gasteiger partial charge < -0.3 is 24.8 Å². The van der Waals surface area contributed by atoms with Crippen LogP contribution >= 0.6 is 0 Å². The van der Waals surface area contributed by atoms with E-state index >= 15 is 0 Å². The number of ether oxygens (including phenoxy) is 3. The molecule has 1 aliphatic heterocycles. The molecule has 0 unspecified atom stereocenters. The van der Waals surface area contributed by atoms with Crippen molar-refractivity contribution in [3.05, 3.63) is 48.5 Å². The fourth-order valence-electron chi connectivity index (χ4n) is 2.56. The summed E-state index contributed by atoms with van der Waals surface area (Å²) >= 11 is 0. The van der Waals surface area contributed by atoms with Gasteiger partial charge in [0.1, 0.15) is 11.5 Å². The molecule has 1 atom stereocenters. The normalized spacial score (nSPS) is 17.6. The van der Waals surface area contributed by atoms with Gasteiger partial charge in [-0.25, -0.2) is 4.79 Å². The third-order valence-electron chi connectivity index (χ3n) is 4.04. The van der Waals surface area contributed by atoms with Gasteiger partial charge in [-0.05, 0) is 38.1 Å². The predicted molar refractivity (Wildman–Crippen MR) is 101 cm³/mol. The first-order valence-electron chi connectivity index (χ1n) is 8.72. The number of hydrogen-bond donors (Lipinski definition) is 2. The van der Waals surface area contributed by atoms with Crippen molar-refractivity contribution in [1.82, 2.24) is 0 Å². The SMILES string of the molecule is CCOC(=O)[C@]1(C)Oc2cc(NC(=O)COc3ccccc3)ccc2NC1=O. The van der Waals surface area contributed by atoms with Gasteiger partial charge in [-0.2, -0.15) is 0 Å². The smallest absolute Gasteiger partial charge is 0.360 e. The van der Waals surface area contributed by atoms with Gasteiger partial charge in [0.25, 0.3) is 17.4 Å². The van der Waals surface area contributed by atoms with Crippen LogP contribution in [0, 0.1) is 0 Å². The highest BCUT2D eigenvalue weighted by Gasteiger charge is 2.48. The van der Waals surface area contributed by atoms with Gasteiger partial charge in [-0.3, -0.25) is 9.59 Å². The molecule has 146 valence electrons. The second kappa shape index (κ2) is 7.99. The Hall–Kier alpha value is -3.55. The maximum Gasteiger partial charge on any atom is 0.360 e. The van der Waals surface area contributed by atoms with E-state index in [4.69, 9.17) is 14.2 Å². The maximum absolute atomic E-state index is 12.3. The topological polar surface area (TPSA) is 103 Å². The zero-order valence-electron chi connectivity index (χ0n) is 15.5. The Balaban J connectivity index is 1.68. The molecule has 0 radical (unpaired) electrons. The fraction of sp³-hybridized carbons (Fsp3) is 0.250. The van der Waals surface area contributed by atoms with Crippen LogP contribution in [0.25, 0.3) is 0 Å². The van der Waals surface area contributed by atoms with E-state index in [0.29, 0.717) is 17.1 Å². The van der Waals surface area contributed by atoms with Crippen LogP contribution in [0.3, 0.4) is 0 Å². The number of amides is 2. The largest absolute Gasteiger partial charge is 0.484 e. The summed E-state index contributed by atoms with van der Waals surface area (Å²) < 4.78 is 16.0. The third-order valence-corrected chi connectivity index (χ3v) is 4.04. The lowest BCUT2D eigenvalue weighted by atomic mass is 10.0. The molecule has 0 saturated heterocycles. The minimum absolute atomic E-state index is 0.120. The average molecular weight is 384 g/mol. The van der Waals surface area contributed by atoms with E-state index < -0.39 is 17.5 Å². The van der Waals surface area contributed by atoms with Gasteiger partial charge in [0.05, 0.1) is 12.3 Å². The minimum atomic E-state index is -1.80. The van der Waals surface area contributed by atoms with Gasteiger partial charge in [0.2, 0.25) is 0 Å². The van der Waals surface area contributed by atoms with E-state index in [2.05, 4.69) is 10.6 Å². The molecule has 2 aromatic carbocycles. The number of fused-ring (bicyclic) bond motifs is 1. The van der Waals surface area contributed by atoms with Gasteiger partial charge in [-0.15, -0.1) is 0 Å². The Kier molecular flexibility index (Phi) is 5.49.